The number of likely N-dealkylation sites (tertiary alicyclic amines) is 1. The van der Waals surface area contributed by atoms with E-state index >= 15 is 0 Å². The molecule has 1 fully saturated rings. The van der Waals surface area contributed by atoms with Gasteiger partial charge in [0.05, 0.1) is 11.8 Å². The molecular formula is C14H21NO2. The molecule has 0 aromatic carbocycles. The van der Waals surface area contributed by atoms with Crippen molar-refractivity contribution < 1.29 is 9.21 Å². The number of hydrogen-bond donors (Lipinski definition) is 0. The highest BCUT2D eigenvalue weighted by Gasteiger charge is 2.36. The van der Waals surface area contributed by atoms with Crippen molar-refractivity contribution in [2.45, 2.75) is 45.1 Å². The molecule has 0 amide bonds. The topological polar surface area (TPSA) is 33.5 Å². The summed E-state index contributed by atoms with van der Waals surface area (Å²) < 4.78 is 5.23. The maximum absolute atomic E-state index is 12.4. The fourth-order valence-electron chi connectivity index (χ4n) is 2.48. The number of Topliss-reactive ketones (excluding diaryl/α,β-unsaturated/α-hetero) is 1. The summed E-state index contributed by atoms with van der Waals surface area (Å²) in [4.78, 5) is 14.7. The van der Waals surface area contributed by atoms with Crippen LogP contribution >= 0.6 is 0 Å². The van der Waals surface area contributed by atoms with Crippen molar-refractivity contribution in [1.82, 2.24) is 4.90 Å². The Labute approximate surface area is 103 Å². The summed E-state index contributed by atoms with van der Waals surface area (Å²) in [6.45, 7) is 6.03. The van der Waals surface area contributed by atoms with Gasteiger partial charge in [-0.2, -0.15) is 0 Å². The molecule has 0 N–H and O–H groups in total. The lowest BCUT2D eigenvalue weighted by atomic mass is 9.94. The Morgan fingerprint density at radius 1 is 1.24 bits per heavy atom. The Bertz CT molecular complexity index is 360. The van der Waals surface area contributed by atoms with E-state index in [0.717, 1.165) is 13.1 Å². The monoisotopic (exact) mass is 235 g/mol. The third kappa shape index (κ3) is 2.60. The molecule has 3 nitrogen and oxygen atoms in total. The van der Waals surface area contributed by atoms with Gasteiger partial charge in [0.15, 0.2) is 5.76 Å². The SMILES string of the molecule is CC(C)(C(=O)c1ccco1)N1CCCCCC1. The molecule has 1 aliphatic heterocycles. The normalized spacial score (nSPS) is 18.9. The van der Waals surface area contributed by atoms with Gasteiger partial charge in [-0.05, 0) is 51.9 Å². The number of furan rings is 1. The molecule has 0 saturated carbocycles. The molecule has 1 aromatic heterocycles. The Morgan fingerprint density at radius 2 is 1.88 bits per heavy atom. The first-order valence-corrected chi connectivity index (χ1v) is 6.46. The van der Waals surface area contributed by atoms with E-state index in [1.807, 2.05) is 13.8 Å². The number of rotatable bonds is 3. The number of nitrogens with zero attached hydrogens (tertiary/aromatic N) is 1. The van der Waals surface area contributed by atoms with E-state index in [0.29, 0.717) is 5.76 Å². The number of hydrogen-bond acceptors (Lipinski definition) is 3. The first kappa shape index (κ1) is 12.4. The lowest BCUT2D eigenvalue weighted by Crippen LogP contribution is -2.50. The molecule has 1 aromatic rings. The zero-order valence-corrected chi connectivity index (χ0v) is 10.7. The summed E-state index contributed by atoms with van der Waals surface area (Å²) in [5, 5.41) is 0. The molecule has 2 rings (SSSR count). The molecule has 0 unspecified atom stereocenters. The first-order valence-electron chi connectivity index (χ1n) is 6.46. The predicted octanol–water partition coefficient (Wildman–Crippen LogP) is 3.12. The van der Waals surface area contributed by atoms with Crippen molar-refractivity contribution in [3.63, 3.8) is 0 Å². The van der Waals surface area contributed by atoms with Crippen LogP contribution < -0.4 is 0 Å². The van der Waals surface area contributed by atoms with Gasteiger partial charge < -0.3 is 4.42 Å². The van der Waals surface area contributed by atoms with Crippen LogP contribution in [0.5, 0.6) is 0 Å². The fourth-order valence-corrected chi connectivity index (χ4v) is 2.48. The maximum atomic E-state index is 12.4. The van der Waals surface area contributed by atoms with Crippen LogP contribution in [0.2, 0.25) is 0 Å². The second-order valence-electron chi connectivity index (χ2n) is 5.27. The maximum Gasteiger partial charge on any atom is 0.217 e. The van der Waals surface area contributed by atoms with Crippen molar-refractivity contribution in [2.24, 2.45) is 0 Å². The van der Waals surface area contributed by atoms with Crippen LogP contribution in [-0.4, -0.2) is 29.3 Å². The summed E-state index contributed by atoms with van der Waals surface area (Å²) in [6.07, 6.45) is 6.50. The zero-order chi connectivity index (χ0) is 12.3. The number of ketones is 1. The Morgan fingerprint density at radius 3 is 2.41 bits per heavy atom. The Hall–Kier alpha value is -1.09. The highest BCUT2D eigenvalue weighted by Crippen LogP contribution is 2.24. The van der Waals surface area contributed by atoms with E-state index in [4.69, 9.17) is 4.42 Å². The second-order valence-corrected chi connectivity index (χ2v) is 5.27. The fraction of sp³-hybridized carbons (Fsp3) is 0.643. The largest absolute Gasteiger partial charge is 0.461 e. The lowest BCUT2D eigenvalue weighted by Gasteiger charge is -2.35. The average molecular weight is 235 g/mol. The van der Waals surface area contributed by atoms with Gasteiger partial charge in [-0.15, -0.1) is 0 Å². The van der Waals surface area contributed by atoms with Crippen molar-refractivity contribution in [1.29, 1.82) is 0 Å². The highest BCUT2D eigenvalue weighted by molar-refractivity contribution is 6.00. The first-order chi connectivity index (χ1) is 8.12. The van der Waals surface area contributed by atoms with Crippen molar-refractivity contribution in [2.75, 3.05) is 13.1 Å². The number of carbonyl (C=O) groups is 1. The third-order valence-electron chi connectivity index (χ3n) is 3.70. The molecular weight excluding hydrogens is 214 g/mol. The van der Waals surface area contributed by atoms with Gasteiger partial charge in [0, 0.05) is 0 Å². The Balaban J connectivity index is 2.13. The highest BCUT2D eigenvalue weighted by atomic mass is 16.3. The van der Waals surface area contributed by atoms with Gasteiger partial charge in [0.2, 0.25) is 5.78 Å². The van der Waals surface area contributed by atoms with E-state index in [9.17, 15) is 4.79 Å². The summed E-state index contributed by atoms with van der Waals surface area (Å²) in [6, 6.07) is 3.52. The van der Waals surface area contributed by atoms with Crippen LogP contribution in [0.3, 0.4) is 0 Å². The van der Waals surface area contributed by atoms with Gasteiger partial charge in [0.1, 0.15) is 0 Å². The second kappa shape index (κ2) is 5.05. The van der Waals surface area contributed by atoms with E-state index in [2.05, 4.69) is 4.90 Å². The van der Waals surface area contributed by atoms with Crippen LogP contribution in [0, 0.1) is 0 Å². The molecule has 2 heterocycles. The Kier molecular flexibility index (Phi) is 3.67. The van der Waals surface area contributed by atoms with E-state index < -0.39 is 5.54 Å². The van der Waals surface area contributed by atoms with Gasteiger partial charge >= 0.3 is 0 Å². The zero-order valence-electron chi connectivity index (χ0n) is 10.7. The quantitative estimate of drug-likeness (QED) is 0.755. The smallest absolute Gasteiger partial charge is 0.217 e. The molecule has 0 bridgehead atoms. The van der Waals surface area contributed by atoms with E-state index in [-0.39, 0.29) is 5.78 Å². The van der Waals surface area contributed by atoms with Gasteiger partial charge in [0.25, 0.3) is 0 Å². The molecule has 0 spiro atoms. The van der Waals surface area contributed by atoms with Crippen LogP contribution in [0.4, 0.5) is 0 Å². The summed E-state index contributed by atoms with van der Waals surface area (Å²) in [7, 11) is 0. The standard InChI is InChI=1S/C14H21NO2/c1-14(2,13(16)12-8-7-11-17-12)15-9-5-3-4-6-10-15/h7-8,11H,3-6,9-10H2,1-2H3. The van der Waals surface area contributed by atoms with Crippen LogP contribution in [0.1, 0.15) is 50.1 Å². The van der Waals surface area contributed by atoms with Crippen LogP contribution in [0.25, 0.3) is 0 Å². The number of carbonyl (C=O) groups excluding carboxylic acids is 1. The minimum Gasteiger partial charge on any atom is -0.461 e. The van der Waals surface area contributed by atoms with E-state index in [1.165, 1.54) is 25.7 Å². The van der Waals surface area contributed by atoms with Crippen LogP contribution in [0.15, 0.2) is 22.8 Å². The average Bonchev–Trinajstić information content (AvgIpc) is 2.69. The summed E-state index contributed by atoms with van der Waals surface area (Å²) >= 11 is 0. The minimum absolute atomic E-state index is 0.0874. The van der Waals surface area contributed by atoms with Gasteiger partial charge in [-0.25, -0.2) is 0 Å². The van der Waals surface area contributed by atoms with E-state index in [1.54, 1.807) is 18.4 Å². The lowest BCUT2D eigenvalue weighted by molar-refractivity contribution is 0.0620. The molecule has 1 saturated heterocycles. The van der Waals surface area contributed by atoms with Crippen molar-refractivity contribution in [3.05, 3.63) is 24.2 Å². The summed E-state index contributed by atoms with van der Waals surface area (Å²) in [5.41, 5.74) is -0.456. The third-order valence-corrected chi connectivity index (χ3v) is 3.70. The predicted molar refractivity (Wildman–Crippen MR) is 67.2 cm³/mol. The molecule has 0 atom stereocenters. The van der Waals surface area contributed by atoms with Crippen LogP contribution in [-0.2, 0) is 0 Å². The van der Waals surface area contributed by atoms with Gasteiger partial charge in [-0.3, -0.25) is 9.69 Å². The molecule has 0 aliphatic carbocycles. The molecule has 3 heteroatoms. The molecule has 1 aliphatic rings. The van der Waals surface area contributed by atoms with Gasteiger partial charge in [-0.1, -0.05) is 12.8 Å². The van der Waals surface area contributed by atoms with Crippen molar-refractivity contribution in [3.8, 4) is 0 Å². The minimum atomic E-state index is -0.456. The molecule has 17 heavy (non-hydrogen) atoms. The molecule has 0 radical (unpaired) electrons. The molecule has 94 valence electrons. The summed E-state index contributed by atoms with van der Waals surface area (Å²) in [5.74, 6) is 0.559. The van der Waals surface area contributed by atoms with Crippen molar-refractivity contribution >= 4 is 5.78 Å².